The molecule has 2 aromatic rings. The van der Waals surface area contributed by atoms with Crippen molar-refractivity contribution in [2.24, 2.45) is 10.9 Å². The van der Waals surface area contributed by atoms with E-state index >= 15 is 0 Å². The zero-order valence-corrected chi connectivity index (χ0v) is 16.3. The van der Waals surface area contributed by atoms with E-state index in [1.165, 1.54) is 0 Å². The molecular weight excluding hydrogens is 338 g/mol. The van der Waals surface area contributed by atoms with Crippen molar-refractivity contribution in [1.82, 2.24) is 19.8 Å². The van der Waals surface area contributed by atoms with Crippen LogP contribution in [0.2, 0.25) is 0 Å². The van der Waals surface area contributed by atoms with Crippen molar-refractivity contribution in [3.8, 4) is 0 Å². The van der Waals surface area contributed by atoms with E-state index in [1.54, 1.807) is 0 Å². The molecule has 2 heterocycles. The topological polar surface area (TPSA) is 65.7 Å². The average Bonchev–Trinajstić information content (AvgIpc) is 3.21. The van der Waals surface area contributed by atoms with Crippen molar-refractivity contribution >= 4 is 5.96 Å². The fourth-order valence-corrected chi connectivity index (χ4v) is 3.66. The monoisotopic (exact) mass is 369 g/mol. The maximum absolute atomic E-state index is 10.4. The summed E-state index contributed by atoms with van der Waals surface area (Å²) in [6.45, 7) is 7.48. The third-order valence-corrected chi connectivity index (χ3v) is 5.23. The number of aromatic nitrogens is 2. The molecule has 1 aromatic carbocycles. The minimum absolute atomic E-state index is 0.388. The highest BCUT2D eigenvalue weighted by Crippen LogP contribution is 2.27. The molecule has 1 fully saturated rings. The van der Waals surface area contributed by atoms with Gasteiger partial charge in [0.25, 0.3) is 0 Å². The van der Waals surface area contributed by atoms with Gasteiger partial charge in [-0.15, -0.1) is 0 Å². The minimum atomic E-state index is -0.478. The summed E-state index contributed by atoms with van der Waals surface area (Å²) in [6.07, 6.45) is 7.04. The number of rotatable bonds is 6. The number of nitrogens with zero attached hydrogens (tertiary/aromatic N) is 4. The Kier molecular flexibility index (Phi) is 6.87. The van der Waals surface area contributed by atoms with Crippen LogP contribution in [0.3, 0.4) is 0 Å². The molecule has 1 saturated heterocycles. The molecule has 0 aliphatic carbocycles. The van der Waals surface area contributed by atoms with E-state index in [0.29, 0.717) is 24.9 Å². The second kappa shape index (κ2) is 9.55. The number of likely N-dealkylation sites (tertiary alicyclic amines) is 1. The molecule has 6 nitrogen and oxygen atoms in total. The third kappa shape index (κ3) is 5.32. The molecular formula is C21H31N5O. The van der Waals surface area contributed by atoms with Crippen LogP contribution in [0, 0.1) is 5.92 Å². The number of aliphatic imine (C=N–C) groups is 1. The van der Waals surface area contributed by atoms with Gasteiger partial charge in [0, 0.05) is 38.4 Å². The highest BCUT2D eigenvalue weighted by Gasteiger charge is 2.28. The molecule has 0 radical (unpaired) electrons. The Morgan fingerprint density at radius 3 is 2.89 bits per heavy atom. The molecule has 1 aliphatic rings. The van der Waals surface area contributed by atoms with Crippen LogP contribution >= 0.6 is 0 Å². The van der Waals surface area contributed by atoms with Crippen molar-refractivity contribution in [3.05, 3.63) is 54.6 Å². The van der Waals surface area contributed by atoms with Gasteiger partial charge in [0.1, 0.15) is 0 Å². The Bertz CT molecular complexity index is 701. The van der Waals surface area contributed by atoms with Crippen LogP contribution in [0.1, 0.15) is 31.9 Å². The van der Waals surface area contributed by atoms with E-state index < -0.39 is 6.10 Å². The summed E-state index contributed by atoms with van der Waals surface area (Å²) in [5, 5.41) is 13.8. The van der Waals surface area contributed by atoms with E-state index in [1.807, 2.05) is 49.1 Å². The van der Waals surface area contributed by atoms with E-state index in [-0.39, 0.29) is 0 Å². The van der Waals surface area contributed by atoms with Crippen LogP contribution in [0.4, 0.5) is 0 Å². The van der Waals surface area contributed by atoms with E-state index in [4.69, 9.17) is 4.99 Å². The first-order chi connectivity index (χ1) is 13.2. The van der Waals surface area contributed by atoms with Gasteiger partial charge in [-0.1, -0.05) is 37.3 Å². The normalized spacial score (nSPS) is 21.9. The maximum Gasteiger partial charge on any atom is 0.194 e. The van der Waals surface area contributed by atoms with E-state index in [9.17, 15) is 5.11 Å². The highest BCUT2D eigenvalue weighted by atomic mass is 16.3. The number of guanidine groups is 1. The highest BCUT2D eigenvalue weighted by molar-refractivity contribution is 5.80. The number of piperidine rings is 1. The van der Waals surface area contributed by atoms with Crippen LogP contribution in [-0.4, -0.2) is 57.8 Å². The van der Waals surface area contributed by atoms with Gasteiger partial charge in [0.15, 0.2) is 5.96 Å². The molecule has 6 heteroatoms. The van der Waals surface area contributed by atoms with Gasteiger partial charge in [-0.25, -0.2) is 4.98 Å². The molecule has 0 spiro atoms. The summed E-state index contributed by atoms with van der Waals surface area (Å²) in [7, 11) is 0. The summed E-state index contributed by atoms with van der Waals surface area (Å²) in [6, 6.07) is 10.5. The fraction of sp³-hybridized carbons (Fsp3) is 0.524. The van der Waals surface area contributed by atoms with Crippen molar-refractivity contribution < 1.29 is 5.11 Å². The van der Waals surface area contributed by atoms with E-state index in [2.05, 4.69) is 33.6 Å². The Morgan fingerprint density at radius 1 is 1.37 bits per heavy atom. The molecule has 2 N–H and O–H groups in total. The van der Waals surface area contributed by atoms with Crippen LogP contribution in [0.15, 0.2) is 54.0 Å². The van der Waals surface area contributed by atoms with Gasteiger partial charge >= 0.3 is 0 Å². The molecule has 0 saturated carbocycles. The molecule has 3 unspecified atom stereocenters. The lowest BCUT2D eigenvalue weighted by Gasteiger charge is -2.39. The number of benzene rings is 1. The summed E-state index contributed by atoms with van der Waals surface area (Å²) in [4.78, 5) is 11.2. The zero-order chi connectivity index (χ0) is 19.1. The predicted octanol–water partition coefficient (Wildman–Crippen LogP) is 2.34. The smallest absolute Gasteiger partial charge is 0.194 e. The standard InChI is InChI=1S/C21H31N5O/c1-3-23-21(24-14-19(27)13-18-7-5-4-6-8-18)25-11-9-17(2)20(15-25)26-12-10-22-16-26/h4-8,10,12,16-17,19-20,27H,3,9,11,13-15H2,1-2H3,(H,23,24). The number of nitrogens with one attached hydrogen (secondary N) is 1. The van der Waals surface area contributed by atoms with E-state index in [0.717, 1.165) is 37.6 Å². The molecule has 146 valence electrons. The fourth-order valence-electron chi connectivity index (χ4n) is 3.66. The molecule has 0 amide bonds. The zero-order valence-electron chi connectivity index (χ0n) is 16.3. The maximum atomic E-state index is 10.4. The number of hydrogen-bond acceptors (Lipinski definition) is 3. The summed E-state index contributed by atoms with van der Waals surface area (Å²) in [5.74, 6) is 1.49. The summed E-state index contributed by atoms with van der Waals surface area (Å²) < 4.78 is 2.20. The van der Waals surface area contributed by atoms with Crippen LogP contribution in [-0.2, 0) is 6.42 Å². The number of aliphatic hydroxyl groups is 1. The van der Waals surface area contributed by atoms with Crippen LogP contribution < -0.4 is 5.32 Å². The lowest BCUT2D eigenvalue weighted by atomic mass is 9.93. The van der Waals surface area contributed by atoms with Gasteiger partial charge in [0.2, 0.25) is 0 Å². The first kappa shape index (κ1) is 19.4. The average molecular weight is 370 g/mol. The van der Waals surface area contributed by atoms with Gasteiger partial charge in [-0.2, -0.15) is 0 Å². The van der Waals surface area contributed by atoms with Crippen molar-refractivity contribution in [2.75, 3.05) is 26.2 Å². The first-order valence-electron chi connectivity index (χ1n) is 9.90. The second-order valence-electron chi connectivity index (χ2n) is 7.33. The van der Waals surface area contributed by atoms with Crippen molar-refractivity contribution in [2.45, 2.75) is 38.8 Å². The Morgan fingerprint density at radius 2 is 2.19 bits per heavy atom. The number of imidazole rings is 1. The van der Waals surface area contributed by atoms with Crippen LogP contribution in [0.25, 0.3) is 0 Å². The number of hydrogen-bond donors (Lipinski definition) is 2. The van der Waals surface area contributed by atoms with Crippen LogP contribution in [0.5, 0.6) is 0 Å². The molecule has 27 heavy (non-hydrogen) atoms. The van der Waals surface area contributed by atoms with Gasteiger partial charge < -0.3 is 19.9 Å². The molecule has 3 rings (SSSR count). The lowest BCUT2D eigenvalue weighted by molar-refractivity contribution is 0.177. The Balaban J connectivity index is 1.64. The summed E-state index contributed by atoms with van der Waals surface area (Å²) >= 11 is 0. The molecule has 3 atom stereocenters. The molecule has 1 aliphatic heterocycles. The minimum Gasteiger partial charge on any atom is -0.391 e. The quantitative estimate of drug-likeness (QED) is 0.606. The van der Waals surface area contributed by atoms with Crippen molar-refractivity contribution in [1.29, 1.82) is 0 Å². The van der Waals surface area contributed by atoms with Gasteiger partial charge in [-0.05, 0) is 24.8 Å². The van der Waals surface area contributed by atoms with Gasteiger partial charge in [-0.3, -0.25) is 4.99 Å². The third-order valence-electron chi connectivity index (χ3n) is 5.23. The van der Waals surface area contributed by atoms with Crippen molar-refractivity contribution in [3.63, 3.8) is 0 Å². The second-order valence-corrected chi connectivity index (χ2v) is 7.33. The summed E-state index contributed by atoms with van der Waals surface area (Å²) in [5.41, 5.74) is 1.14. The Hall–Kier alpha value is -2.34. The molecule has 1 aromatic heterocycles. The molecule has 0 bridgehead atoms. The Labute approximate surface area is 162 Å². The number of aliphatic hydroxyl groups excluding tert-OH is 1. The van der Waals surface area contributed by atoms with Gasteiger partial charge in [0.05, 0.1) is 25.0 Å². The first-order valence-corrected chi connectivity index (χ1v) is 9.90. The largest absolute Gasteiger partial charge is 0.391 e. The predicted molar refractivity (Wildman–Crippen MR) is 109 cm³/mol. The SMILES string of the molecule is CCNC(=NCC(O)Cc1ccccc1)N1CCC(C)C(n2ccnc2)C1. The lowest BCUT2D eigenvalue weighted by Crippen LogP contribution is -2.49.